The number of para-hydroxylation sites is 2. The van der Waals surface area contributed by atoms with E-state index >= 15 is 0 Å². The molecule has 1 unspecified atom stereocenters. The summed E-state index contributed by atoms with van der Waals surface area (Å²) in [5, 5.41) is 0. The predicted octanol–water partition coefficient (Wildman–Crippen LogP) is 4.70. The average Bonchev–Trinajstić information content (AvgIpc) is 2.63. The molecule has 0 aliphatic carbocycles. The van der Waals surface area contributed by atoms with Gasteiger partial charge in [-0.3, -0.25) is 0 Å². The van der Waals surface area contributed by atoms with Gasteiger partial charge in [-0.1, -0.05) is 72.8 Å². The third-order valence-corrected chi connectivity index (χ3v) is 4.45. The molecule has 24 heavy (non-hydrogen) atoms. The number of hydrogen-bond acceptors (Lipinski definition) is 2. The Morgan fingerprint density at radius 2 is 1.38 bits per heavy atom. The van der Waals surface area contributed by atoms with Crippen LogP contribution in [0.5, 0.6) is 5.75 Å². The van der Waals surface area contributed by atoms with Crippen molar-refractivity contribution in [2.75, 3.05) is 11.4 Å². The van der Waals surface area contributed by atoms with Crippen molar-refractivity contribution in [3.05, 3.63) is 96.1 Å². The standard InChI is InChI=1S/C22H21NO/c1-3-9-18(10-4-1)15-20-17-23(16-19-11-5-2-6-12-19)21-13-7-8-14-22(21)24-20/h1-14,20H,15-17H2. The topological polar surface area (TPSA) is 12.5 Å². The fourth-order valence-electron chi connectivity index (χ4n) is 3.32. The van der Waals surface area contributed by atoms with Crippen LogP contribution in [0, 0.1) is 0 Å². The van der Waals surface area contributed by atoms with E-state index in [1.54, 1.807) is 0 Å². The maximum Gasteiger partial charge on any atom is 0.143 e. The first-order valence-electron chi connectivity index (χ1n) is 8.47. The lowest BCUT2D eigenvalue weighted by Gasteiger charge is -2.36. The maximum absolute atomic E-state index is 6.26. The Kier molecular flexibility index (Phi) is 4.20. The van der Waals surface area contributed by atoms with Gasteiger partial charge in [0, 0.05) is 13.0 Å². The molecule has 0 radical (unpaired) electrons. The quantitative estimate of drug-likeness (QED) is 0.692. The lowest BCUT2D eigenvalue weighted by atomic mass is 10.0. The second-order valence-corrected chi connectivity index (χ2v) is 6.26. The van der Waals surface area contributed by atoms with Crippen LogP contribution >= 0.6 is 0 Å². The molecule has 2 nitrogen and oxygen atoms in total. The van der Waals surface area contributed by atoms with Crippen molar-refractivity contribution >= 4 is 5.69 Å². The molecule has 3 aromatic carbocycles. The zero-order valence-corrected chi connectivity index (χ0v) is 13.6. The fourth-order valence-corrected chi connectivity index (χ4v) is 3.32. The molecular weight excluding hydrogens is 294 g/mol. The van der Waals surface area contributed by atoms with E-state index in [2.05, 4.69) is 83.8 Å². The largest absolute Gasteiger partial charge is 0.486 e. The van der Waals surface area contributed by atoms with Gasteiger partial charge in [0.15, 0.2) is 0 Å². The highest BCUT2D eigenvalue weighted by Crippen LogP contribution is 2.34. The Labute approximate surface area is 143 Å². The average molecular weight is 315 g/mol. The van der Waals surface area contributed by atoms with Crippen LogP contribution in [-0.4, -0.2) is 12.6 Å². The molecule has 0 spiro atoms. The molecule has 0 fully saturated rings. The van der Waals surface area contributed by atoms with Gasteiger partial charge in [0.05, 0.1) is 12.2 Å². The minimum absolute atomic E-state index is 0.172. The summed E-state index contributed by atoms with van der Waals surface area (Å²) in [6, 6.07) is 29.6. The van der Waals surface area contributed by atoms with Crippen LogP contribution in [-0.2, 0) is 13.0 Å². The zero-order chi connectivity index (χ0) is 16.2. The van der Waals surface area contributed by atoms with Crippen molar-refractivity contribution in [3.63, 3.8) is 0 Å². The van der Waals surface area contributed by atoms with Crippen LogP contribution in [0.3, 0.4) is 0 Å². The lowest BCUT2D eigenvalue weighted by molar-refractivity contribution is 0.193. The van der Waals surface area contributed by atoms with Crippen LogP contribution in [0.4, 0.5) is 5.69 Å². The van der Waals surface area contributed by atoms with Gasteiger partial charge in [0.25, 0.3) is 0 Å². The summed E-state index contributed by atoms with van der Waals surface area (Å²) in [7, 11) is 0. The number of fused-ring (bicyclic) bond motifs is 1. The summed E-state index contributed by atoms with van der Waals surface area (Å²) < 4.78 is 6.26. The van der Waals surface area contributed by atoms with Gasteiger partial charge in [-0.05, 0) is 23.3 Å². The fraction of sp³-hybridized carbons (Fsp3) is 0.182. The van der Waals surface area contributed by atoms with Crippen LogP contribution < -0.4 is 9.64 Å². The molecule has 0 saturated heterocycles. The van der Waals surface area contributed by atoms with Crippen LogP contribution in [0.2, 0.25) is 0 Å². The molecule has 120 valence electrons. The van der Waals surface area contributed by atoms with Crippen molar-refractivity contribution < 1.29 is 4.74 Å². The normalized spacial score (nSPS) is 16.3. The van der Waals surface area contributed by atoms with Crippen molar-refractivity contribution in [2.24, 2.45) is 0 Å². The lowest BCUT2D eigenvalue weighted by Crippen LogP contribution is -2.40. The first kappa shape index (κ1) is 14.8. The van der Waals surface area contributed by atoms with Gasteiger partial charge in [-0.2, -0.15) is 0 Å². The number of benzene rings is 3. The monoisotopic (exact) mass is 315 g/mol. The van der Waals surface area contributed by atoms with Gasteiger partial charge < -0.3 is 9.64 Å². The highest BCUT2D eigenvalue weighted by molar-refractivity contribution is 5.60. The first-order chi connectivity index (χ1) is 11.9. The van der Waals surface area contributed by atoms with Crippen LogP contribution in [0.1, 0.15) is 11.1 Å². The molecule has 1 aliphatic rings. The molecule has 3 aromatic rings. The smallest absolute Gasteiger partial charge is 0.143 e. The van der Waals surface area contributed by atoms with Gasteiger partial charge >= 0.3 is 0 Å². The van der Waals surface area contributed by atoms with E-state index in [0.29, 0.717) is 0 Å². The van der Waals surface area contributed by atoms with Crippen LogP contribution in [0.25, 0.3) is 0 Å². The summed E-state index contributed by atoms with van der Waals surface area (Å²) in [6.07, 6.45) is 1.10. The van der Waals surface area contributed by atoms with Crippen molar-refractivity contribution in [3.8, 4) is 5.75 Å². The predicted molar refractivity (Wildman–Crippen MR) is 98.5 cm³/mol. The third-order valence-electron chi connectivity index (χ3n) is 4.45. The molecule has 4 rings (SSSR count). The van der Waals surface area contributed by atoms with Gasteiger partial charge in [0.1, 0.15) is 11.9 Å². The molecule has 0 saturated carbocycles. The van der Waals surface area contributed by atoms with E-state index in [1.165, 1.54) is 16.8 Å². The minimum atomic E-state index is 0.172. The maximum atomic E-state index is 6.26. The van der Waals surface area contributed by atoms with E-state index in [4.69, 9.17) is 4.74 Å². The molecule has 2 heteroatoms. The van der Waals surface area contributed by atoms with Gasteiger partial charge in [0.2, 0.25) is 0 Å². The molecule has 0 bridgehead atoms. The molecule has 1 aliphatic heterocycles. The number of anilines is 1. The minimum Gasteiger partial charge on any atom is -0.486 e. The van der Waals surface area contributed by atoms with E-state index in [-0.39, 0.29) is 6.10 Å². The number of ether oxygens (including phenoxy) is 1. The number of nitrogens with zero attached hydrogens (tertiary/aromatic N) is 1. The molecule has 0 amide bonds. The molecule has 0 N–H and O–H groups in total. The highest BCUT2D eigenvalue weighted by atomic mass is 16.5. The Morgan fingerprint density at radius 1 is 0.750 bits per heavy atom. The van der Waals surface area contributed by atoms with E-state index in [9.17, 15) is 0 Å². The summed E-state index contributed by atoms with van der Waals surface area (Å²) in [5.74, 6) is 0.987. The van der Waals surface area contributed by atoms with Gasteiger partial charge in [-0.15, -0.1) is 0 Å². The molecule has 1 heterocycles. The highest BCUT2D eigenvalue weighted by Gasteiger charge is 2.25. The second kappa shape index (κ2) is 6.79. The van der Waals surface area contributed by atoms with E-state index in [0.717, 1.165) is 25.3 Å². The first-order valence-corrected chi connectivity index (χ1v) is 8.47. The molecule has 1 atom stereocenters. The number of rotatable bonds is 4. The summed E-state index contributed by atoms with van der Waals surface area (Å²) >= 11 is 0. The van der Waals surface area contributed by atoms with Crippen molar-refractivity contribution in [1.29, 1.82) is 0 Å². The van der Waals surface area contributed by atoms with E-state index in [1.807, 2.05) is 6.07 Å². The Balaban J connectivity index is 1.58. The van der Waals surface area contributed by atoms with Crippen LogP contribution in [0.15, 0.2) is 84.9 Å². The Hall–Kier alpha value is -2.74. The summed E-state index contributed by atoms with van der Waals surface area (Å²) in [4.78, 5) is 2.43. The van der Waals surface area contributed by atoms with Crippen molar-refractivity contribution in [1.82, 2.24) is 0 Å². The Bertz CT molecular complexity index is 785. The summed E-state index contributed by atoms with van der Waals surface area (Å²) in [5.41, 5.74) is 3.83. The Morgan fingerprint density at radius 3 is 2.12 bits per heavy atom. The summed E-state index contributed by atoms with van der Waals surface area (Å²) in [6.45, 7) is 1.81. The zero-order valence-electron chi connectivity index (χ0n) is 13.6. The number of hydrogen-bond donors (Lipinski definition) is 0. The SMILES string of the molecule is c1ccc(CC2CN(Cc3ccccc3)c3ccccc3O2)cc1. The second-order valence-electron chi connectivity index (χ2n) is 6.26. The third kappa shape index (κ3) is 3.28. The van der Waals surface area contributed by atoms with E-state index < -0.39 is 0 Å². The van der Waals surface area contributed by atoms with Crippen molar-refractivity contribution in [2.45, 2.75) is 19.1 Å². The molecule has 0 aromatic heterocycles. The van der Waals surface area contributed by atoms with Gasteiger partial charge in [-0.25, -0.2) is 0 Å². The molecular formula is C22H21NO.